The van der Waals surface area contributed by atoms with E-state index in [1.54, 1.807) is 42.5 Å². The minimum atomic E-state index is -0.476. The molecule has 29 heavy (non-hydrogen) atoms. The van der Waals surface area contributed by atoms with Gasteiger partial charge in [0.1, 0.15) is 11.6 Å². The van der Waals surface area contributed by atoms with Gasteiger partial charge in [-0.2, -0.15) is 5.26 Å². The van der Waals surface area contributed by atoms with Crippen LogP contribution in [0.3, 0.4) is 0 Å². The molecule has 3 aromatic carbocycles. The number of nitrogens with one attached hydrogen (secondary N) is 1. The fraction of sp³-hybridized carbons (Fsp3) is 0.0435. The Balaban J connectivity index is 1.69. The van der Waals surface area contributed by atoms with Crippen molar-refractivity contribution in [3.8, 4) is 11.8 Å². The number of carbonyl (C=O) groups is 1. The maximum atomic E-state index is 13.9. The topological polar surface area (TPSA) is 62.1 Å². The summed E-state index contributed by atoms with van der Waals surface area (Å²) in [5.74, 6) is -0.463. The van der Waals surface area contributed by atoms with E-state index in [2.05, 4.69) is 5.32 Å². The Hall–Kier alpha value is -3.62. The van der Waals surface area contributed by atoms with E-state index in [-0.39, 0.29) is 28.7 Å². The lowest BCUT2D eigenvalue weighted by Crippen LogP contribution is -2.20. The summed E-state index contributed by atoms with van der Waals surface area (Å²) in [5, 5.41) is 12.4. The van der Waals surface area contributed by atoms with E-state index in [0.29, 0.717) is 17.0 Å². The Morgan fingerprint density at radius 1 is 1.10 bits per heavy atom. The molecule has 1 N–H and O–H groups in total. The van der Waals surface area contributed by atoms with Crippen LogP contribution < -0.4 is 10.1 Å². The molecule has 0 aliphatic heterocycles. The molecule has 0 unspecified atom stereocenters. The first-order chi connectivity index (χ1) is 14.1. The Morgan fingerprint density at radius 2 is 1.83 bits per heavy atom. The summed E-state index contributed by atoms with van der Waals surface area (Å²) < 4.78 is 19.4. The number of para-hydroxylation sites is 1. The molecule has 6 heteroatoms. The maximum Gasteiger partial charge on any atom is 0.262 e. The van der Waals surface area contributed by atoms with Gasteiger partial charge in [0.25, 0.3) is 5.91 Å². The largest absolute Gasteiger partial charge is 0.482 e. The quantitative estimate of drug-likeness (QED) is 0.430. The van der Waals surface area contributed by atoms with E-state index >= 15 is 0 Å². The second-order valence-corrected chi connectivity index (χ2v) is 6.45. The number of hydrogen-bond donors (Lipinski definition) is 1. The van der Waals surface area contributed by atoms with Gasteiger partial charge in [-0.3, -0.25) is 4.79 Å². The van der Waals surface area contributed by atoms with Crippen molar-refractivity contribution < 1.29 is 13.9 Å². The number of amides is 1. The first-order valence-corrected chi connectivity index (χ1v) is 9.08. The molecule has 0 aliphatic carbocycles. The maximum absolute atomic E-state index is 13.9. The number of nitrogens with zero attached hydrogens (tertiary/aromatic N) is 1. The second-order valence-electron chi connectivity index (χ2n) is 6.04. The number of allylic oxidation sites excluding steroid dienone is 1. The Morgan fingerprint density at radius 3 is 2.52 bits per heavy atom. The molecule has 1 amide bonds. The van der Waals surface area contributed by atoms with E-state index in [4.69, 9.17) is 16.3 Å². The van der Waals surface area contributed by atoms with Gasteiger partial charge < -0.3 is 10.1 Å². The van der Waals surface area contributed by atoms with Gasteiger partial charge in [-0.15, -0.1) is 0 Å². The molecular weight excluding hydrogens is 391 g/mol. The van der Waals surface area contributed by atoms with Gasteiger partial charge in [-0.25, -0.2) is 4.39 Å². The number of rotatable bonds is 6. The summed E-state index contributed by atoms with van der Waals surface area (Å²) in [4.78, 5) is 12.0. The van der Waals surface area contributed by atoms with Crippen molar-refractivity contribution in [1.82, 2.24) is 0 Å². The van der Waals surface area contributed by atoms with Gasteiger partial charge in [0, 0.05) is 11.3 Å². The minimum Gasteiger partial charge on any atom is -0.482 e. The SMILES string of the molecule is N#CC(=Cc1ccc(OCC(=O)Nc2ccccc2)c(Cl)c1)c1ccccc1F. The third-order valence-electron chi connectivity index (χ3n) is 3.97. The summed E-state index contributed by atoms with van der Waals surface area (Å²) in [5.41, 5.74) is 1.67. The molecule has 0 heterocycles. The van der Waals surface area contributed by atoms with E-state index in [0.717, 1.165) is 0 Å². The summed E-state index contributed by atoms with van der Waals surface area (Å²) in [6, 6.07) is 21.9. The zero-order valence-corrected chi connectivity index (χ0v) is 16.0. The van der Waals surface area contributed by atoms with Crippen LogP contribution in [0.15, 0.2) is 72.8 Å². The lowest BCUT2D eigenvalue weighted by Gasteiger charge is -2.09. The zero-order valence-electron chi connectivity index (χ0n) is 15.2. The molecule has 0 radical (unpaired) electrons. The molecule has 4 nitrogen and oxygen atoms in total. The van der Waals surface area contributed by atoms with Crippen LogP contribution in [0.4, 0.5) is 10.1 Å². The van der Waals surface area contributed by atoms with Crippen molar-refractivity contribution in [2.24, 2.45) is 0 Å². The van der Waals surface area contributed by atoms with Crippen LogP contribution in [0.1, 0.15) is 11.1 Å². The Kier molecular flexibility index (Phi) is 6.62. The lowest BCUT2D eigenvalue weighted by atomic mass is 10.0. The van der Waals surface area contributed by atoms with Gasteiger partial charge in [0.15, 0.2) is 6.61 Å². The zero-order chi connectivity index (χ0) is 20.6. The monoisotopic (exact) mass is 406 g/mol. The minimum absolute atomic E-state index is 0.176. The van der Waals surface area contributed by atoms with Gasteiger partial charge in [0.2, 0.25) is 0 Å². The molecule has 0 spiro atoms. The number of ether oxygens (including phenoxy) is 1. The molecule has 0 saturated heterocycles. The average molecular weight is 407 g/mol. The normalized spacial score (nSPS) is 10.9. The van der Waals surface area contributed by atoms with Gasteiger partial charge in [-0.05, 0) is 42.0 Å². The van der Waals surface area contributed by atoms with E-state index in [1.807, 2.05) is 24.3 Å². The summed E-state index contributed by atoms with van der Waals surface area (Å²) in [6.45, 7) is -0.206. The highest BCUT2D eigenvalue weighted by Crippen LogP contribution is 2.28. The number of halogens is 2. The van der Waals surface area contributed by atoms with Crippen LogP contribution in [0, 0.1) is 17.1 Å². The number of hydrogen-bond acceptors (Lipinski definition) is 3. The van der Waals surface area contributed by atoms with Gasteiger partial charge >= 0.3 is 0 Å². The molecule has 0 bridgehead atoms. The van der Waals surface area contributed by atoms with Crippen LogP contribution in [-0.2, 0) is 4.79 Å². The van der Waals surface area contributed by atoms with E-state index in [1.165, 1.54) is 18.2 Å². The molecule has 0 aromatic heterocycles. The number of nitriles is 1. The van der Waals surface area contributed by atoms with Crippen molar-refractivity contribution in [2.75, 3.05) is 11.9 Å². The number of carbonyl (C=O) groups excluding carboxylic acids is 1. The standard InChI is InChI=1S/C23H16ClFN2O2/c24-20-13-16(12-17(14-26)19-8-4-5-9-21(19)25)10-11-22(20)29-15-23(28)27-18-6-2-1-3-7-18/h1-13H,15H2,(H,27,28). The fourth-order valence-corrected chi connectivity index (χ4v) is 2.85. The molecule has 144 valence electrons. The summed E-state index contributed by atoms with van der Waals surface area (Å²) >= 11 is 6.23. The van der Waals surface area contributed by atoms with E-state index < -0.39 is 5.82 Å². The molecule has 3 rings (SSSR count). The van der Waals surface area contributed by atoms with E-state index in [9.17, 15) is 14.4 Å². The van der Waals surface area contributed by atoms with Gasteiger partial charge in [0.05, 0.1) is 16.7 Å². The third kappa shape index (κ3) is 5.44. The predicted octanol–water partition coefficient (Wildman–Crippen LogP) is 5.56. The van der Waals surface area contributed by atoms with Gasteiger partial charge in [-0.1, -0.05) is 54.1 Å². The molecule has 0 aliphatic rings. The highest BCUT2D eigenvalue weighted by Gasteiger charge is 2.09. The third-order valence-corrected chi connectivity index (χ3v) is 4.26. The predicted molar refractivity (Wildman–Crippen MR) is 112 cm³/mol. The van der Waals surface area contributed by atoms with Crippen molar-refractivity contribution in [2.45, 2.75) is 0 Å². The molecule has 0 fully saturated rings. The number of anilines is 1. The van der Waals surface area contributed by atoms with Crippen molar-refractivity contribution in [3.05, 3.63) is 94.8 Å². The van der Waals surface area contributed by atoms with Crippen LogP contribution in [0.5, 0.6) is 5.75 Å². The molecule has 3 aromatic rings. The lowest BCUT2D eigenvalue weighted by molar-refractivity contribution is -0.118. The van der Waals surface area contributed by atoms with Crippen LogP contribution in [0.25, 0.3) is 11.6 Å². The number of benzene rings is 3. The molecular formula is C23H16ClFN2O2. The van der Waals surface area contributed by atoms with Crippen molar-refractivity contribution in [3.63, 3.8) is 0 Å². The second kappa shape index (κ2) is 9.54. The first kappa shape index (κ1) is 20.1. The van der Waals surface area contributed by atoms with Crippen molar-refractivity contribution >= 4 is 34.8 Å². The molecule has 0 atom stereocenters. The summed E-state index contributed by atoms with van der Waals surface area (Å²) in [6.07, 6.45) is 1.54. The molecule has 0 saturated carbocycles. The average Bonchev–Trinajstić information content (AvgIpc) is 2.73. The van der Waals surface area contributed by atoms with Crippen LogP contribution >= 0.6 is 11.6 Å². The summed E-state index contributed by atoms with van der Waals surface area (Å²) in [7, 11) is 0. The highest BCUT2D eigenvalue weighted by molar-refractivity contribution is 6.32. The van der Waals surface area contributed by atoms with Crippen LogP contribution in [-0.4, -0.2) is 12.5 Å². The Labute approximate surface area is 172 Å². The first-order valence-electron chi connectivity index (χ1n) is 8.71. The van der Waals surface area contributed by atoms with Crippen LogP contribution in [0.2, 0.25) is 5.02 Å². The van der Waals surface area contributed by atoms with Crippen molar-refractivity contribution in [1.29, 1.82) is 5.26 Å². The smallest absolute Gasteiger partial charge is 0.262 e. The Bertz CT molecular complexity index is 1090. The fourth-order valence-electron chi connectivity index (χ4n) is 2.60. The highest BCUT2D eigenvalue weighted by atomic mass is 35.5.